The molecule has 290 valence electrons. The average Bonchev–Trinajstić information content (AvgIpc) is 3.36. The summed E-state index contributed by atoms with van der Waals surface area (Å²) in [5.74, 6) is 3.64. The molecule has 6 nitrogen and oxygen atoms in total. The fraction of sp³-hybridized carbons (Fsp3) is 0. The number of aromatic nitrogens is 6. The van der Waals surface area contributed by atoms with Gasteiger partial charge in [-0.1, -0.05) is 212 Å². The van der Waals surface area contributed by atoms with E-state index >= 15 is 0 Å². The third-order valence-corrected chi connectivity index (χ3v) is 11.2. The summed E-state index contributed by atoms with van der Waals surface area (Å²) in [7, 11) is 0. The van der Waals surface area contributed by atoms with E-state index in [1.54, 1.807) is 0 Å². The quantitative estimate of drug-likeness (QED) is 0.152. The molecule has 2 heterocycles. The molecule has 0 atom stereocenters. The Morgan fingerprint density at radius 2 is 0.532 bits per heavy atom. The lowest BCUT2D eigenvalue weighted by atomic mass is 9.91. The zero-order valence-corrected chi connectivity index (χ0v) is 33.5. The van der Waals surface area contributed by atoms with E-state index in [9.17, 15) is 0 Å². The molecular formula is C56H36N6. The normalized spacial score (nSPS) is 11.2. The van der Waals surface area contributed by atoms with Crippen molar-refractivity contribution in [3.63, 3.8) is 0 Å². The van der Waals surface area contributed by atoms with Crippen LogP contribution in [-0.4, -0.2) is 29.9 Å². The fourth-order valence-corrected chi connectivity index (χ4v) is 8.19. The van der Waals surface area contributed by atoms with Gasteiger partial charge >= 0.3 is 0 Å². The molecule has 0 unspecified atom stereocenters. The van der Waals surface area contributed by atoms with Gasteiger partial charge in [0.2, 0.25) is 0 Å². The molecule has 0 amide bonds. The lowest BCUT2D eigenvalue weighted by Gasteiger charge is -2.17. The van der Waals surface area contributed by atoms with Gasteiger partial charge in [0.1, 0.15) is 0 Å². The predicted molar refractivity (Wildman–Crippen MR) is 252 cm³/mol. The second-order valence-electron chi connectivity index (χ2n) is 15.1. The number of nitrogens with zero attached hydrogens (tertiary/aromatic N) is 6. The molecule has 0 radical (unpaired) electrons. The van der Waals surface area contributed by atoms with Crippen molar-refractivity contribution in [2.75, 3.05) is 0 Å². The van der Waals surface area contributed by atoms with Crippen LogP contribution >= 0.6 is 0 Å². The Kier molecular flexibility index (Phi) is 9.41. The van der Waals surface area contributed by atoms with Crippen molar-refractivity contribution in [3.05, 3.63) is 218 Å². The minimum Gasteiger partial charge on any atom is -0.208 e. The van der Waals surface area contributed by atoms with Gasteiger partial charge in [-0.2, -0.15) is 0 Å². The Bertz CT molecular complexity index is 3320. The maximum absolute atomic E-state index is 5.42. The van der Waals surface area contributed by atoms with Crippen LogP contribution in [0.3, 0.4) is 0 Å². The summed E-state index contributed by atoms with van der Waals surface area (Å²) in [5, 5.41) is 4.39. The largest absolute Gasteiger partial charge is 0.208 e. The highest BCUT2D eigenvalue weighted by Gasteiger charge is 2.21. The molecule has 0 bridgehead atoms. The van der Waals surface area contributed by atoms with Gasteiger partial charge in [0.25, 0.3) is 0 Å². The van der Waals surface area contributed by atoms with E-state index in [1.807, 2.05) is 84.9 Å². The fourth-order valence-electron chi connectivity index (χ4n) is 8.19. The molecule has 0 aliphatic rings. The Labute approximate surface area is 359 Å². The van der Waals surface area contributed by atoms with E-state index in [1.165, 1.54) is 0 Å². The van der Waals surface area contributed by atoms with E-state index in [2.05, 4.69) is 133 Å². The summed E-state index contributed by atoms with van der Waals surface area (Å²) in [5.41, 5.74) is 9.69. The zero-order chi connectivity index (χ0) is 41.2. The maximum atomic E-state index is 5.42. The van der Waals surface area contributed by atoms with E-state index in [0.29, 0.717) is 34.9 Å². The smallest absolute Gasteiger partial charge is 0.165 e. The van der Waals surface area contributed by atoms with Gasteiger partial charge in [0.05, 0.1) is 0 Å². The molecule has 6 heteroatoms. The third-order valence-electron chi connectivity index (χ3n) is 11.2. The van der Waals surface area contributed by atoms with Gasteiger partial charge in [-0.15, -0.1) is 0 Å². The van der Waals surface area contributed by atoms with Gasteiger partial charge in [-0.3, -0.25) is 0 Å². The molecule has 0 N–H and O–H groups in total. The summed E-state index contributed by atoms with van der Waals surface area (Å²) in [6, 6.07) is 74.8. The summed E-state index contributed by atoms with van der Waals surface area (Å²) in [6.07, 6.45) is 0. The van der Waals surface area contributed by atoms with Crippen LogP contribution in [0.2, 0.25) is 0 Å². The van der Waals surface area contributed by atoms with Crippen LogP contribution in [0.15, 0.2) is 218 Å². The first kappa shape index (κ1) is 36.6. The standard InChI is InChI=1S/C56H36N6/c1-5-17-37(18-6-1)47-35-33-39-20-14-16-28-46(39)50(47)56-61-53(43-25-11-4-12-26-43)60-55(62-56)48-36-34-38-19-13-15-27-45(38)49(48)40-29-31-44(32-30-40)54-58-51(41-21-7-2-8-22-41)57-52(59-54)42-23-9-3-10-24-42/h1-36H. The van der Waals surface area contributed by atoms with Crippen molar-refractivity contribution in [2.24, 2.45) is 0 Å². The first-order valence-corrected chi connectivity index (χ1v) is 20.6. The van der Waals surface area contributed by atoms with Crippen molar-refractivity contribution in [1.82, 2.24) is 29.9 Å². The summed E-state index contributed by atoms with van der Waals surface area (Å²) in [6.45, 7) is 0. The minimum atomic E-state index is 0.586. The first-order chi connectivity index (χ1) is 30.7. The monoisotopic (exact) mass is 792 g/mol. The van der Waals surface area contributed by atoms with Crippen LogP contribution in [0.5, 0.6) is 0 Å². The van der Waals surface area contributed by atoms with Gasteiger partial charge in [-0.25, -0.2) is 29.9 Å². The van der Waals surface area contributed by atoms with Crippen LogP contribution in [0.25, 0.3) is 112 Å². The Hall–Kier alpha value is -8.48. The van der Waals surface area contributed by atoms with Gasteiger partial charge < -0.3 is 0 Å². The Balaban J connectivity index is 1.11. The molecule has 0 fully saturated rings. The summed E-state index contributed by atoms with van der Waals surface area (Å²) >= 11 is 0. The lowest BCUT2D eigenvalue weighted by molar-refractivity contribution is 1.07. The Morgan fingerprint density at radius 3 is 1.03 bits per heavy atom. The van der Waals surface area contributed by atoms with E-state index in [4.69, 9.17) is 29.9 Å². The molecule has 62 heavy (non-hydrogen) atoms. The second kappa shape index (κ2) is 15.9. The highest BCUT2D eigenvalue weighted by atomic mass is 15.0. The van der Waals surface area contributed by atoms with Gasteiger partial charge in [-0.05, 0) is 44.3 Å². The van der Waals surface area contributed by atoms with E-state index in [0.717, 1.165) is 77.2 Å². The number of fused-ring (bicyclic) bond motifs is 2. The lowest BCUT2D eigenvalue weighted by Crippen LogP contribution is -2.03. The van der Waals surface area contributed by atoms with Crippen LogP contribution in [0.4, 0.5) is 0 Å². The topological polar surface area (TPSA) is 77.3 Å². The molecular weight excluding hydrogens is 757 g/mol. The highest BCUT2D eigenvalue weighted by molar-refractivity contribution is 6.05. The molecule has 0 spiro atoms. The van der Waals surface area contributed by atoms with E-state index < -0.39 is 0 Å². The van der Waals surface area contributed by atoms with Crippen molar-refractivity contribution in [2.45, 2.75) is 0 Å². The SMILES string of the molecule is c1ccc(-c2nc(-c3ccccc3)nc(-c3ccc(-c4c(-c5nc(-c6ccccc6)nc(-c6c(-c7ccccc7)ccc7ccccc67)n5)ccc5ccccc45)cc3)n2)cc1. The van der Waals surface area contributed by atoms with Crippen molar-refractivity contribution >= 4 is 21.5 Å². The average molecular weight is 793 g/mol. The molecule has 11 aromatic rings. The van der Waals surface area contributed by atoms with Crippen molar-refractivity contribution in [1.29, 1.82) is 0 Å². The number of hydrogen-bond donors (Lipinski definition) is 0. The molecule has 0 saturated heterocycles. The minimum absolute atomic E-state index is 0.586. The molecule has 0 aliphatic carbocycles. The molecule has 0 aliphatic heterocycles. The molecule has 9 aromatic carbocycles. The summed E-state index contributed by atoms with van der Waals surface area (Å²) in [4.78, 5) is 30.8. The van der Waals surface area contributed by atoms with Gasteiger partial charge in [0, 0.05) is 38.9 Å². The van der Waals surface area contributed by atoms with Crippen LogP contribution < -0.4 is 0 Å². The molecule has 0 saturated carbocycles. The number of rotatable bonds is 8. The van der Waals surface area contributed by atoms with Crippen LogP contribution in [0, 0.1) is 0 Å². The highest BCUT2D eigenvalue weighted by Crippen LogP contribution is 2.41. The zero-order valence-electron chi connectivity index (χ0n) is 33.5. The summed E-state index contributed by atoms with van der Waals surface area (Å²) < 4.78 is 0. The van der Waals surface area contributed by atoms with Crippen molar-refractivity contribution < 1.29 is 0 Å². The molecule has 11 rings (SSSR count). The predicted octanol–water partition coefficient (Wildman–Crippen LogP) is 13.7. The van der Waals surface area contributed by atoms with Crippen LogP contribution in [0.1, 0.15) is 0 Å². The van der Waals surface area contributed by atoms with Gasteiger partial charge in [0.15, 0.2) is 34.9 Å². The number of hydrogen-bond acceptors (Lipinski definition) is 6. The van der Waals surface area contributed by atoms with E-state index in [-0.39, 0.29) is 0 Å². The number of benzene rings is 9. The Morgan fingerprint density at radius 1 is 0.194 bits per heavy atom. The third kappa shape index (κ3) is 6.95. The molecule has 2 aromatic heterocycles. The van der Waals surface area contributed by atoms with Crippen LogP contribution in [-0.2, 0) is 0 Å². The maximum Gasteiger partial charge on any atom is 0.165 e. The first-order valence-electron chi connectivity index (χ1n) is 20.6. The van der Waals surface area contributed by atoms with Crippen molar-refractivity contribution in [3.8, 4) is 90.6 Å². The second-order valence-corrected chi connectivity index (χ2v) is 15.1.